The second kappa shape index (κ2) is 30.0. The minimum absolute atomic E-state index is 0. The van der Waals surface area contributed by atoms with Crippen molar-refractivity contribution in [1.82, 2.24) is 0 Å². The van der Waals surface area contributed by atoms with Gasteiger partial charge in [0, 0.05) is 60.5 Å². The van der Waals surface area contributed by atoms with E-state index in [-0.39, 0.29) is 60.5 Å². The van der Waals surface area contributed by atoms with E-state index in [1.807, 2.05) is 0 Å². The fraction of sp³-hybridized carbons (Fsp3) is 0. The third-order valence-electron chi connectivity index (χ3n) is 0. The predicted molar refractivity (Wildman–Crippen MR) is 13.3 cm³/mol. The van der Waals surface area contributed by atoms with Gasteiger partial charge in [0.1, 0.15) is 0 Å². The minimum Gasteiger partial charge on any atom is 0 e. The van der Waals surface area contributed by atoms with Crippen molar-refractivity contribution >= 4 is 34.5 Å². The molecule has 0 aromatic rings. The largest absolute Gasteiger partial charge is 0 e. The molecule has 0 heterocycles. The molecule has 0 amide bonds. The molecule has 0 N–H and O–H groups in total. The number of hydrogen-bond acceptors (Lipinski definition) is 1. The van der Waals surface area contributed by atoms with Crippen molar-refractivity contribution < 1.29 is 50.9 Å². The van der Waals surface area contributed by atoms with Gasteiger partial charge in [-0.1, -0.05) is 0 Å². The topological polar surface area (TPSA) is 0 Å². The predicted octanol–water partition coefficient (Wildman–Crippen LogP) is 0.260. The summed E-state index contributed by atoms with van der Waals surface area (Å²) < 4.78 is 0. The van der Waals surface area contributed by atoms with E-state index in [0.717, 1.165) is 0 Å². The summed E-state index contributed by atoms with van der Waals surface area (Å²) >= 11 is 3.77. The van der Waals surface area contributed by atoms with E-state index in [4.69, 9.17) is 0 Å². The normalized spacial score (nSPS) is 1.20. The van der Waals surface area contributed by atoms with E-state index in [1.54, 1.807) is 0 Å². The van der Waals surface area contributed by atoms with Crippen molar-refractivity contribution in [2.24, 2.45) is 0 Å². The van der Waals surface area contributed by atoms with Crippen molar-refractivity contribution in [3.63, 3.8) is 0 Å². The molecule has 0 aliphatic heterocycles. The van der Waals surface area contributed by atoms with Crippen LogP contribution in [0.2, 0.25) is 0 Å². The van der Waals surface area contributed by atoms with Gasteiger partial charge in [-0.25, -0.2) is 0 Å². The quantitative estimate of drug-likeness (QED) is 0.569. The van der Waals surface area contributed by atoms with Crippen molar-refractivity contribution in [3.05, 3.63) is 0 Å². The zero-order chi connectivity index (χ0) is 2.00. The Kier molecular flexibility index (Phi) is 152. The smallest absolute Gasteiger partial charge is 0 e. The molecule has 0 rings (SSSR count). The molecule has 0 nitrogen and oxygen atoms in total. The summed E-state index contributed by atoms with van der Waals surface area (Å²) in [5.41, 5.74) is 0. The third-order valence-corrected chi connectivity index (χ3v) is 0. The summed E-state index contributed by atoms with van der Waals surface area (Å²) in [5, 5.41) is 0. The second-order valence-corrected chi connectivity index (χ2v) is 0. The third kappa shape index (κ3) is 20.4. The van der Waals surface area contributed by atoms with Crippen LogP contribution >= 0.6 is 10.6 Å². The molecule has 0 unspecified atom stereocenters. The standard InChI is InChI=1S/2Cu.S.Sn.Zn. The van der Waals surface area contributed by atoms with Gasteiger partial charge in [-0.3, -0.25) is 0 Å². The zero-order valence-corrected chi connectivity index (χ0v) is 10.7. The van der Waals surface area contributed by atoms with Gasteiger partial charge < -0.3 is 0 Å². The SMILES string of the molecule is [Cu].[S]=[Cu].[Sn].[Zn]. The Morgan fingerprint density at radius 1 is 1.20 bits per heavy atom. The first-order chi connectivity index (χ1) is 1.00. The minimum atomic E-state index is 0. The molecule has 0 aliphatic rings. The van der Waals surface area contributed by atoms with Gasteiger partial charge in [0.15, 0.2) is 0 Å². The molecule has 0 atom stereocenters. The van der Waals surface area contributed by atoms with E-state index >= 15 is 0 Å². The molecule has 34 valence electrons. The van der Waals surface area contributed by atoms with Gasteiger partial charge in [-0.15, -0.1) is 0 Å². The van der Waals surface area contributed by atoms with Crippen LogP contribution in [0.3, 0.4) is 0 Å². The maximum absolute atomic E-state index is 3.77. The van der Waals surface area contributed by atoms with Gasteiger partial charge in [-0.05, 0) is 0 Å². The molecule has 0 saturated carbocycles. The molecule has 5 radical (unpaired) electrons. The van der Waals surface area contributed by atoms with Crippen LogP contribution < -0.4 is 0 Å². The van der Waals surface area contributed by atoms with Crippen LogP contribution in [0.15, 0.2) is 0 Å². The molecule has 0 aromatic carbocycles. The average molecular weight is 343 g/mol. The zero-order valence-electron chi connectivity index (χ0n) is 2.22. The average Bonchev–Trinajstić information content (AvgIpc) is 1.00. The van der Waals surface area contributed by atoms with Crippen LogP contribution in [-0.4, -0.2) is 23.9 Å². The van der Waals surface area contributed by atoms with Crippen molar-refractivity contribution in [3.8, 4) is 0 Å². The Balaban J connectivity index is -0.00000000167. The number of rotatable bonds is 0. The monoisotopic (exact) mass is 342 g/mol. The Labute approximate surface area is 84.1 Å². The van der Waals surface area contributed by atoms with E-state index < -0.39 is 0 Å². The molecule has 0 fully saturated rings. The fourth-order valence-electron chi connectivity index (χ4n) is 0. The molecule has 0 saturated heterocycles. The molecule has 5 heteroatoms. The maximum atomic E-state index is 3.77. The van der Waals surface area contributed by atoms with Crippen LogP contribution in [0.4, 0.5) is 0 Å². The van der Waals surface area contributed by atoms with Crippen molar-refractivity contribution in [2.75, 3.05) is 0 Å². The van der Waals surface area contributed by atoms with E-state index in [0.29, 0.717) is 0 Å². The Hall–Kier alpha value is 2.68. The summed E-state index contributed by atoms with van der Waals surface area (Å²) in [6.07, 6.45) is 0. The van der Waals surface area contributed by atoms with Gasteiger partial charge in [0.05, 0.1) is 0 Å². The molecule has 5 heavy (non-hydrogen) atoms. The second-order valence-electron chi connectivity index (χ2n) is 0. The molecule has 0 aliphatic carbocycles. The van der Waals surface area contributed by atoms with E-state index in [1.165, 1.54) is 0 Å². The van der Waals surface area contributed by atoms with Crippen LogP contribution in [0.1, 0.15) is 0 Å². The van der Waals surface area contributed by atoms with Gasteiger partial charge in [0.25, 0.3) is 0 Å². The van der Waals surface area contributed by atoms with Gasteiger partial charge in [-0.2, -0.15) is 0 Å². The Morgan fingerprint density at radius 3 is 1.20 bits per heavy atom. The first-order valence-electron chi connectivity index (χ1n) is 0.123. The summed E-state index contributed by atoms with van der Waals surface area (Å²) in [5.74, 6) is 0. The number of hydrogen-bond donors (Lipinski definition) is 0. The molecule has 0 aromatic heterocycles. The summed E-state index contributed by atoms with van der Waals surface area (Å²) in [6.45, 7) is 0. The fourth-order valence-corrected chi connectivity index (χ4v) is 0. The van der Waals surface area contributed by atoms with Crippen LogP contribution in [-0.2, 0) is 50.9 Å². The summed E-state index contributed by atoms with van der Waals surface area (Å²) in [4.78, 5) is 0. The Bertz CT molecular complexity index is 9.61. The van der Waals surface area contributed by atoms with E-state index in [2.05, 4.69) is 24.9 Å². The van der Waals surface area contributed by atoms with Crippen molar-refractivity contribution in [1.29, 1.82) is 0 Å². The maximum Gasteiger partial charge on any atom is 0 e. The molecular formula is Cu2SSnZn. The first kappa shape index (κ1) is 25.3. The van der Waals surface area contributed by atoms with E-state index in [9.17, 15) is 0 Å². The van der Waals surface area contributed by atoms with Gasteiger partial charge >= 0.3 is 24.9 Å². The van der Waals surface area contributed by atoms with Crippen LogP contribution in [0, 0.1) is 0 Å². The first-order valence-corrected chi connectivity index (χ1v) is 1.52. The summed E-state index contributed by atoms with van der Waals surface area (Å²) in [7, 11) is 3.65. The molecule has 0 spiro atoms. The van der Waals surface area contributed by atoms with Crippen molar-refractivity contribution in [2.45, 2.75) is 0 Å². The van der Waals surface area contributed by atoms with Crippen LogP contribution in [0.5, 0.6) is 0 Å². The summed E-state index contributed by atoms with van der Waals surface area (Å²) in [6, 6.07) is 0. The molecular weight excluding hydrogens is 343 g/mol. The Morgan fingerprint density at radius 2 is 1.20 bits per heavy atom. The molecule has 0 bridgehead atoms. The van der Waals surface area contributed by atoms with Crippen LogP contribution in [0.25, 0.3) is 0 Å². The van der Waals surface area contributed by atoms with Gasteiger partial charge in [0.2, 0.25) is 0 Å².